The minimum Gasteiger partial charge on any atom is -0.464 e. The summed E-state index contributed by atoms with van der Waals surface area (Å²) in [7, 11) is 0. The van der Waals surface area contributed by atoms with Crippen LogP contribution in [0.2, 0.25) is 0 Å². The monoisotopic (exact) mass is 275 g/mol. The van der Waals surface area contributed by atoms with Gasteiger partial charge in [-0.1, -0.05) is 23.9 Å². The van der Waals surface area contributed by atoms with E-state index in [0.29, 0.717) is 16.5 Å². The van der Waals surface area contributed by atoms with E-state index >= 15 is 0 Å². The van der Waals surface area contributed by atoms with Crippen molar-refractivity contribution < 1.29 is 14.0 Å². The Balaban J connectivity index is 1.98. The van der Waals surface area contributed by atoms with Gasteiger partial charge in [0, 0.05) is 12.0 Å². The van der Waals surface area contributed by atoms with E-state index in [-0.39, 0.29) is 23.0 Å². The number of fused-ring (bicyclic) bond motifs is 1. The molecular formula is C13H9NO4S. The number of hydrogen-bond acceptors (Lipinski definition) is 5. The summed E-state index contributed by atoms with van der Waals surface area (Å²) in [6, 6.07) is 6.92. The third kappa shape index (κ3) is 2.15. The van der Waals surface area contributed by atoms with Gasteiger partial charge in [-0.15, -0.1) is 0 Å². The molecule has 2 aromatic rings. The third-order valence-corrected chi connectivity index (χ3v) is 3.91. The Labute approximate surface area is 112 Å². The highest BCUT2D eigenvalue weighted by molar-refractivity contribution is 8.15. The van der Waals surface area contributed by atoms with Crippen LogP contribution in [0.3, 0.4) is 0 Å². The first-order valence-electron chi connectivity index (χ1n) is 5.66. The first-order valence-corrected chi connectivity index (χ1v) is 6.54. The van der Waals surface area contributed by atoms with Gasteiger partial charge in [0.1, 0.15) is 5.58 Å². The molecule has 1 saturated heterocycles. The van der Waals surface area contributed by atoms with Gasteiger partial charge in [0.15, 0.2) is 5.43 Å². The van der Waals surface area contributed by atoms with Crippen molar-refractivity contribution in [2.24, 2.45) is 0 Å². The van der Waals surface area contributed by atoms with Gasteiger partial charge in [-0.05, 0) is 12.1 Å². The van der Waals surface area contributed by atoms with Crippen LogP contribution in [0.15, 0.2) is 39.7 Å². The number of imide groups is 1. The lowest BCUT2D eigenvalue weighted by molar-refractivity contribution is -0.118. The van der Waals surface area contributed by atoms with Gasteiger partial charge in [-0.2, -0.15) is 0 Å². The fourth-order valence-electron chi connectivity index (χ4n) is 1.99. The van der Waals surface area contributed by atoms with Crippen LogP contribution in [0, 0.1) is 0 Å². The highest BCUT2D eigenvalue weighted by atomic mass is 32.2. The number of carbonyl (C=O) groups is 2. The lowest BCUT2D eigenvalue weighted by Gasteiger charge is -2.05. The Kier molecular flexibility index (Phi) is 2.87. The molecule has 2 amide bonds. The van der Waals surface area contributed by atoms with Crippen LogP contribution in [0.1, 0.15) is 5.56 Å². The van der Waals surface area contributed by atoms with Gasteiger partial charge in [0.2, 0.25) is 5.91 Å². The van der Waals surface area contributed by atoms with Crippen LogP contribution >= 0.6 is 11.8 Å². The summed E-state index contributed by atoms with van der Waals surface area (Å²) < 4.78 is 5.37. The summed E-state index contributed by atoms with van der Waals surface area (Å²) in [4.78, 5) is 34.8. The molecule has 0 saturated carbocycles. The van der Waals surface area contributed by atoms with Gasteiger partial charge in [-0.3, -0.25) is 19.7 Å². The first-order chi connectivity index (χ1) is 9.15. The van der Waals surface area contributed by atoms with Gasteiger partial charge in [-0.25, -0.2) is 0 Å². The number of hydrogen-bond donors (Lipinski definition) is 1. The molecule has 1 aliphatic rings. The number of thioether (sulfide) groups is 1. The van der Waals surface area contributed by atoms with Crippen molar-refractivity contribution in [3.8, 4) is 0 Å². The maximum absolute atomic E-state index is 12.2. The molecule has 0 radical (unpaired) electrons. The van der Waals surface area contributed by atoms with Crippen LogP contribution in [-0.2, 0) is 11.2 Å². The van der Waals surface area contributed by atoms with E-state index in [4.69, 9.17) is 4.42 Å². The van der Waals surface area contributed by atoms with Gasteiger partial charge in [0.25, 0.3) is 5.24 Å². The maximum Gasteiger partial charge on any atom is 0.286 e. The lowest BCUT2D eigenvalue weighted by atomic mass is 10.1. The minimum absolute atomic E-state index is 0.158. The van der Waals surface area contributed by atoms with Crippen LogP contribution < -0.4 is 10.7 Å². The number of carbonyl (C=O) groups excluding carboxylic acids is 2. The highest BCUT2D eigenvalue weighted by Gasteiger charge is 2.32. The van der Waals surface area contributed by atoms with Crippen LogP contribution in [0.25, 0.3) is 11.0 Å². The molecule has 5 nitrogen and oxygen atoms in total. The summed E-state index contributed by atoms with van der Waals surface area (Å²) >= 11 is 0.902. The van der Waals surface area contributed by atoms with Gasteiger partial charge in [0.05, 0.1) is 16.9 Å². The van der Waals surface area contributed by atoms with E-state index in [2.05, 4.69) is 5.32 Å². The second kappa shape index (κ2) is 4.55. The topological polar surface area (TPSA) is 76.4 Å². The van der Waals surface area contributed by atoms with Crippen molar-refractivity contribution in [1.29, 1.82) is 0 Å². The zero-order valence-electron chi connectivity index (χ0n) is 9.71. The number of nitrogens with one attached hydrogen (secondary N) is 1. The summed E-state index contributed by atoms with van der Waals surface area (Å²) in [6.45, 7) is 0. The number of amides is 2. The molecule has 1 N–H and O–H groups in total. The van der Waals surface area contributed by atoms with E-state index in [1.165, 1.54) is 6.26 Å². The van der Waals surface area contributed by atoms with Gasteiger partial charge >= 0.3 is 0 Å². The molecule has 1 aromatic carbocycles. The number of benzene rings is 1. The average Bonchev–Trinajstić information content (AvgIpc) is 2.72. The average molecular weight is 275 g/mol. The molecule has 3 rings (SSSR count). The quantitative estimate of drug-likeness (QED) is 0.902. The molecule has 1 aliphatic heterocycles. The predicted octanol–water partition coefficient (Wildman–Crippen LogP) is 1.69. The molecule has 1 atom stereocenters. The van der Waals surface area contributed by atoms with Crippen molar-refractivity contribution in [3.63, 3.8) is 0 Å². The van der Waals surface area contributed by atoms with Crippen LogP contribution in [0.5, 0.6) is 0 Å². The molecule has 6 heteroatoms. The van der Waals surface area contributed by atoms with Crippen molar-refractivity contribution in [2.75, 3.05) is 0 Å². The fraction of sp³-hybridized carbons (Fsp3) is 0.154. The minimum atomic E-state index is -0.559. The normalized spacial score (nSPS) is 18.8. The fourth-order valence-corrected chi connectivity index (χ4v) is 2.83. The van der Waals surface area contributed by atoms with Crippen LogP contribution in [-0.4, -0.2) is 16.4 Å². The maximum atomic E-state index is 12.2. The SMILES string of the molecule is O=C1NC(=O)C(Cc2coc3ccccc3c2=O)S1. The molecule has 1 fully saturated rings. The van der Waals surface area contributed by atoms with E-state index in [1.807, 2.05) is 0 Å². The zero-order chi connectivity index (χ0) is 13.4. The largest absolute Gasteiger partial charge is 0.464 e. The molecule has 0 aliphatic carbocycles. The molecule has 2 heterocycles. The Morgan fingerprint density at radius 3 is 2.74 bits per heavy atom. The van der Waals surface area contributed by atoms with Gasteiger partial charge < -0.3 is 4.42 Å². The second-order valence-corrected chi connectivity index (χ2v) is 5.35. The van der Waals surface area contributed by atoms with E-state index in [0.717, 1.165) is 11.8 Å². The predicted molar refractivity (Wildman–Crippen MR) is 71.1 cm³/mol. The molecule has 0 spiro atoms. The third-order valence-electron chi connectivity index (χ3n) is 2.92. The Morgan fingerprint density at radius 2 is 2.00 bits per heavy atom. The zero-order valence-corrected chi connectivity index (χ0v) is 10.5. The molecule has 19 heavy (non-hydrogen) atoms. The summed E-state index contributed by atoms with van der Waals surface area (Å²) in [5, 5.41) is 1.74. The summed E-state index contributed by atoms with van der Waals surface area (Å²) in [5.74, 6) is -0.359. The van der Waals surface area contributed by atoms with E-state index < -0.39 is 5.25 Å². The molecule has 96 valence electrons. The van der Waals surface area contributed by atoms with Crippen LogP contribution in [0.4, 0.5) is 4.79 Å². The molecule has 0 bridgehead atoms. The molecular weight excluding hydrogens is 266 g/mol. The van der Waals surface area contributed by atoms with E-state index in [9.17, 15) is 14.4 Å². The highest BCUT2D eigenvalue weighted by Crippen LogP contribution is 2.22. The number of rotatable bonds is 2. The lowest BCUT2D eigenvalue weighted by Crippen LogP contribution is -2.27. The van der Waals surface area contributed by atoms with Crippen molar-refractivity contribution in [2.45, 2.75) is 11.7 Å². The first kappa shape index (κ1) is 12.0. The smallest absolute Gasteiger partial charge is 0.286 e. The summed E-state index contributed by atoms with van der Waals surface area (Å²) in [5.41, 5.74) is 0.756. The number of para-hydroxylation sites is 1. The Morgan fingerprint density at radius 1 is 1.21 bits per heavy atom. The standard InChI is InChI=1S/C13H9NO4S/c15-11-7(5-10-12(16)14-13(17)19-10)6-18-9-4-2-1-3-8(9)11/h1-4,6,10H,5H2,(H,14,16,17). The van der Waals surface area contributed by atoms with Crippen molar-refractivity contribution >= 4 is 33.9 Å². The van der Waals surface area contributed by atoms with E-state index in [1.54, 1.807) is 24.3 Å². The Bertz CT molecular complexity index is 737. The second-order valence-electron chi connectivity index (χ2n) is 4.17. The molecule has 1 unspecified atom stereocenters. The van der Waals surface area contributed by atoms with Crippen molar-refractivity contribution in [3.05, 3.63) is 46.3 Å². The molecule has 1 aromatic heterocycles. The summed E-state index contributed by atoms with van der Waals surface area (Å²) in [6.07, 6.45) is 1.55. The van der Waals surface area contributed by atoms with Crippen molar-refractivity contribution in [1.82, 2.24) is 5.32 Å². The Hall–Kier alpha value is -2.08.